The fourth-order valence-electron chi connectivity index (χ4n) is 2.86. The lowest BCUT2D eigenvalue weighted by atomic mass is 9.99. The van der Waals surface area contributed by atoms with E-state index in [1.54, 1.807) is 12.4 Å². The number of halogens is 1. The smallest absolute Gasteiger partial charge is 0.272 e. The summed E-state index contributed by atoms with van der Waals surface area (Å²) in [6, 6.07) is 1.94. The Morgan fingerprint density at radius 1 is 1.52 bits per heavy atom. The van der Waals surface area contributed by atoms with Crippen molar-refractivity contribution in [1.29, 1.82) is 0 Å². The van der Waals surface area contributed by atoms with E-state index >= 15 is 0 Å². The highest BCUT2D eigenvalue weighted by Crippen LogP contribution is 2.30. The van der Waals surface area contributed by atoms with Gasteiger partial charge in [-0.05, 0) is 47.8 Å². The van der Waals surface area contributed by atoms with Crippen molar-refractivity contribution in [3.8, 4) is 0 Å². The van der Waals surface area contributed by atoms with Crippen LogP contribution in [0.3, 0.4) is 0 Å². The number of aromatic nitrogens is 3. The molecule has 1 aliphatic rings. The van der Waals surface area contributed by atoms with Gasteiger partial charge in [0, 0.05) is 35.4 Å². The van der Waals surface area contributed by atoms with E-state index in [4.69, 9.17) is 4.74 Å². The number of aromatic amines is 1. The van der Waals surface area contributed by atoms with Crippen LogP contribution in [0, 0.1) is 0 Å². The molecule has 2 N–H and O–H groups in total. The van der Waals surface area contributed by atoms with E-state index in [2.05, 4.69) is 36.4 Å². The molecule has 3 heterocycles. The summed E-state index contributed by atoms with van der Waals surface area (Å²) in [5, 5.41) is 10.1. The Kier molecular flexibility index (Phi) is 4.77. The predicted octanol–water partition coefficient (Wildman–Crippen LogP) is 2.56. The molecule has 0 bridgehead atoms. The van der Waals surface area contributed by atoms with E-state index in [0.29, 0.717) is 18.7 Å². The Morgan fingerprint density at radius 3 is 3.13 bits per heavy atom. The number of nitrogens with zero attached hydrogens (tertiary/aromatic N) is 2. The normalized spacial score (nSPS) is 20.1. The van der Waals surface area contributed by atoms with Crippen molar-refractivity contribution in [2.24, 2.45) is 0 Å². The van der Waals surface area contributed by atoms with Crippen LogP contribution in [-0.4, -0.2) is 33.7 Å². The summed E-state index contributed by atoms with van der Waals surface area (Å²) in [5.74, 6) is -0.144. The fourth-order valence-corrected chi connectivity index (χ4v) is 3.31. The van der Waals surface area contributed by atoms with Crippen molar-refractivity contribution >= 4 is 21.8 Å². The van der Waals surface area contributed by atoms with Gasteiger partial charge in [-0.3, -0.25) is 14.9 Å². The molecule has 1 amide bonds. The highest BCUT2D eigenvalue weighted by molar-refractivity contribution is 9.10. The number of ether oxygens (including phenoxy) is 1. The number of carbonyl (C=O) groups excluding carboxylic acids is 1. The predicted molar refractivity (Wildman–Crippen MR) is 89.2 cm³/mol. The van der Waals surface area contributed by atoms with Crippen LogP contribution >= 0.6 is 15.9 Å². The first-order chi connectivity index (χ1) is 11.1. The number of hydrogen-bond donors (Lipinski definition) is 2. The molecule has 0 aliphatic carbocycles. The van der Waals surface area contributed by atoms with Gasteiger partial charge in [-0.1, -0.05) is 0 Å². The maximum absolute atomic E-state index is 12.4. The third kappa shape index (κ3) is 3.45. The van der Waals surface area contributed by atoms with Gasteiger partial charge in [-0.2, -0.15) is 5.10 Å². The maximum Gasteiger partial charge on any atom is 0.272 e. The second kappa shape index (κ2) is 6.80. The molecule has 0 unspecified atom stereocenters. The van der Waals surface area contributed by atoms with Gasteiger partial charge in [0.2, 0.25) is 0 Å². The molecule has 0 aromatic carbocycles. The molecule has 2 aromatic heterocycles. The average molecular weight is 379 g/mol. The number of carbonyl (C=O) groups is 1. The molecule has 0 radical (unpaired) electrons. The van der Waals surface area contributed by atoms with Crippen LogP contribution in [0.1, 0.15) is 47.3 Å². The van der Waals surface area contributed by atoms with E-state index in [1.807, 2.05) is 19.9 Å². The number of pyridine rings is 1. The van der Waals surface area contributed by atoms with Crippen LogP contribution in [0.2, 0.25) is 0 Å². The molecule has 7 heteroatoms. The summed E-state index contributed by atoms with van der Waals surface area (Å²) >= 11 is 3.46. The molecular formula is C16H19BrN4O2. The first kappa shape index (κ1) is 16.1. The standard InChI is InChI=1S/C16H19BrN4O2/c1-9-7-12-14(10(2)23-9)20-21-15(12)16(22)19-6-4-11-3-5-18-8-13(11)17/h3,5,8-10H,4,6-7H2,1-2H3,(H,19,22)(H,20,21)/t9-,10+/m1/s1. The van der Waals surface area contributed by atoms with Crippen molar-refractivity contribution in [3.63, 3.8) is 0 Å². The third-order valence-corrected chi connectivity index (χ3v) is 4.70. The zero-order valence-electron chi connectivity index (χ0n) is 13.1. The number of H-pyrrole nitrogens is 1. The van der Waals surface area contributed by atoms with Gasteiger partial charge in [0.15, 0.2) is 5.69 Å². The molecule has 6 nitrogen and oxygen atoms in total. The van der Waals surface area contributed by atoms with Gasteiger partial charge >= 0.3 is 0 Å². The quantitative estimate of drug-likeness (QED) is 0.856. The van der Waals surface area contributed by atoms with Crippen molar-refractivity contribution in [2.45, 2.75) is 38.9 Å². The van der Waals surface area contributed by atoms with E-state index in [-0.39, 0.29) is 18.1 Å². The lowest BCUT2D eigenvalue weighted by Crippen LogP contribution is -2.29. The second-order valence-corrected chi connectivity index (χ2v) is 6.58. The SMILES string of the molecule is C[C@@H]1Cc2c(C(=O)NCCc3ccncc3Br)n[nH]c2[C@H](C)O1. The molecule has 0 saturated carbocycles. The number of fused-ring (bicyclic) bond motifs is 1. The Hall–Kier alpha value is -1.73. The highest BCUT2D eigenvalue weighted by Gasteiger charge is 2.29. The molecule has 0 saturated heterocycles. The topological polar surface area (TPSA) is 79.9 Å². The van der Waals surface area contributed by atoms with Gasteiger partial charge < -0.3 is 10.1 Å². The Morgan fingerprint density at radius 2 is 2.35 bits per heavy atom. The minimum atomic E-state index is -0.144. The van der Waals surface area contributed by atoms with Crippen molar-refractivity contribution in [3.05, 3.63) is 45.4 Å². The Balaban J connectivity index is 1.65. The van der Waals surface area contributed by atoms with Crippen LogP contribution in [0.5, 0.6) is 0 Å². The third-order valence-electron chi connectivity index (χ3n) is 3.99. The summed E-state index contributed by atoms with van der Waals surface area (Å²) < 4.78 is 6.69. The first-order valence-corrected chi connectivity index (χ1v) is 8.44. The minimum absolute atomic E-state index is 0.0597. The molecule has 2 aromatic rings. The maximum atomic E-state index is 12.4. The first-order valence-electron chi connectivity index (χ1n) is 7.65. The van der Waals surface area contributed by atoms with E-state index in [1.165, 1.54) is 0 Å². The summed E-state index contributed by atoms with van der Waals surface area (Å²) in [4.78, 5) is 16.4. The number of rotatable bonds is 4. The van der Waals surface area contributed by atoms with Gasteiger partial charge in [-0.25, -0.2) is 0 Å². The molecular weight excluding hydrogens is 360 g/mol. The monoisotopic (exact) mass is 378 g/mol. The van der Waals surface area contributed by atoms with E-state index in [9.17, 15) is 4.79 Å². The fraction of sp³-hybridized carbons (Fsp3) is 0.438. The molecule has 23 heavy (non-hydrogen) atoms. The van der Waals surface area contributed by atoms with Crippen LogP contribution in [0.4, 0.5) is 0 Å². The zero-order chi connectivity index (χ0) is 16.4. The van der Waals surface area contributed by atoms with Gasteiger partial charge in [0.25, 0.3) is 5.91 Å². The highest BCUT2D eigenvalue weighted by atomic mass is 79.9. The van der Waals surface area contributed by atoms with Gasteiger partial charge in [-0.15, -0.1) is 0 Å². The van der Waals surface area contributed by atoms with Crippen molar-refractivity contribution < 1.29 is 9.53 Å². The van der Waals surface area contributed by atoms with Gasteiger partial charge in [0.05, 0.1) is 17.9 Å². The molecule has 2 atom stereocenters. The summed E-state index contributed by atoms with van der Waals surface area (Å²) in [7, 11) is 0. The number of amides is 1. The van der Waals surface area contributed by atoms with E-state index in [0.717, 1.165) is 27.7 Å². The van der Waals surface area contributed by atoms with Crippen LogP contribution < -0.4 is 5.32 Å². The van der Waals surface area contributed by atoms with Crippen LogP contribution in [-0.2, 0) is 17.6 Å². The Bertz CT molecular complexity index is 716. The van der Waals surface area contributed by atoms with Crippen molar-refractivity contribution in [1.82, 2.24) is 20.5 Å². The Labute approximate surface area is 143 Å². The number of nitrogens with one attached hydrogen (secondary N) is 2. The summed E-state index contributed by atoms with van der Waals surface area (Å²) in [6.45, 7) is 4.52. The largest absolute Gasteiger partial charge is 0.369 e. The lowest BCUT2D eigenvalue weighted by molar-refractivity contribution is -0.00697. The number of hydrogen-bond acceptors (Lipinski definition) is 4. The van der Waals surface area contributed by atoms with Crippen LogP contribution in [0.15, 0.2) is 22.9 Å². The summed E-state index contributed by atoms with van der Waals surface area (Å²) in [5.41, 5.74) is 3.47. The summed E-state index contributed by atoms with van der Waals surface area (Å²) in [6.07, 6.45) is 4.97. The molecule has 3 rings (SSSR count). The van der Waals surface area contributed by atoms with Gasteiger partial charge in [0.1, 0.15) is 0 Å². The molecule has 1 aliphatic heterocycles. The minimum Gasteiger partial charge on any atom is -0.369 e. The van der Waals surface area contributed by atoms with Crippen LogP contribution in [0.25, 0.3) is 0 Å². The molecule has 0 fully saturated rings. The zero-order valence-corrected chi connectivity index (χ0v) is 14.7. The lowest BCUT2D eigenvalue weighted by Gasteiger charge is -2.25. The molecule has 0 spiro atoms. The molecule has 122 valence electrons. The van der Waals surface area contributed by atoms with Crippen molar-refractivity contribution in [2.75, 3.05) is 6.54 Å². The second-order valence-electron chi connectivity index (χ2n) is 5.73. The van der Waals surface area contributed by atoms with E-state index < -0.39 is 0 Å². The average Bonchev–Trinajstić information content (AvgIpc) is 2.93.